The van der Waals surface area contributed by atoms with Crippen molar-refractivity contribution < 1.29 is 27.4 Å². The SMILES string of the molecule is COc1cc2nc(/C=N/Nc3ccc([C@@H](N4CC[C@H](NC(=O)OC(C)(C)C)C4)C(F)(F)F)cn3)ccc2cc1C. The van der Waals surface area contributed by atoms with E-state index in [4.69, 9.17) is 9.47 Å². The zero-order chi connectivity index (χ0) is 29.1. The summed E-state index contributed by atoms with van der Waals surface area (Å²) in [4.78, 5) is 22.0. The van der Waals surface area contributed by atoms with Crippen LogP contribution in [0.15, 0.2) is 47.7 Å². The minimum Gasteiger partial charge on any atom is -0.496 e. The number of carbonyl (C=O) groups is 1. The number of hydrazone groups is 1. The third-order valence-corrected chi connectivity index (χ3v) is 6.32. The number of ether oxygens (including phenoxy) is 2. The van der Waals surface area contributed by atoms with Gasteiger partial charge in [-0.1, -0.05) is 12.1 Å². The number of hydrogen-bond donors (Lipinski definition) is 2. The van der Waals surface area contributed by atoms with Gasteiger partial charge in [0.25, 0.3) is 0 Å². The van der Waals surface area contributed by atoms with E-state index in [1.807, 2.05) is 31.2 Å². The van der Waals surface area contributed by atoms with E-state index in [2.05, 4.69) is 25.8 Å². The van der Waals surface area contributed by atoms with Gasteiger partial charge in [-0.3, -0.25) is 10.3 Å². The number of nitrogens with zero attached hydrogens (tertiary/aromatic N) is 4. The van der Waals surface area contributed by atoms with Crippen molar-refractivity contribution in [2.24, 2.45) is 5.10 Å². The van der Waals surface area contributed by atoms with Crippen molar-refractivity contribution >= 4 is 29.0 Å². The summed E-state index contributed by atoms with van der Waals surface area (Å²) in [7, 11) is 1.60. The Balaban J connectivity index is 1.40. The second-order valence-corrected chi connectivity index (χ2v) is 10.7. The van der Waals surface area contributed by atoms with Crippen molar-refractivity contribution in [1.82, 2.24) is 20.2 Å². The number of alkyl halides is 3. The molecule has 0 aliphatic carbocycles. The summed E-state index contributed by atoms with van der Waals surface area (Å²) in [5.74, 6) is 1.02. The number of methoxy groups -OCH3 is 1. The van der Waals surface area contributed by atoms with E-state index in [-0.39, 0.29) is 24.5 Å². The topological polar surface area (TPSA) is 101 Å². The highest BCUT2D eigenvalue weighted by molar-refractivity contribution is 5.86. The first-order chi connectivity index (χ1) is 18.8. The molecule has 1 saturated heterocycles. The molecule has 2 N–H and O–H groups in total. The monoisotopic (exact) mass is 558 g/mol. The number of aryl methyl sites for hydroxylation is 1. The Bertz CT molecular complexity index is 1370. The molecule has 0 spiro atoms. The van der Waals surface area contributed by atoms with Crippen molar-refractivity contribution in [3.63, 3.8) is 0 Å². The standard InChI is InChI=1S/C28H33F3N6O3/c1-17-12-18-6-8-20(34-22(18)13-23(17)39-5)15-33-36-24-9-7-19(14-32-24)25(28(29,30)31)37-11-10-21(16-37)35-26(38)40-27(2,3)4/h6-9,12-15,21,25H,10-11,16H2,1-5H3,(H,32,36)(H,35,38)/b33-15+/t21-,25+/m0/s1. The number of anilines is 1. The number of aromatic nitrogens is 2. The first kappa shape index (κ1) is 29.1. The Morgan fingerprint density at radius 2 is 1.98 bits per heavy atom. The van der Waals surface area contributed by atoms with E-state index in [1.165, 1.54) is 29.4 Å². The van der Waals surface area contributed by atoms with Crippen LogP contribution in [0.1, 0.15) is 50.1 Å². The van der Waals surface area contributed by atoms with Crippen LogP contribution in [0.3, 0.4) is 0 Å². The van der Waals surface area contributed by atoms with Crippen LogP contribution in [0.4, 0.5) is 23.8 Å². The van der Waals surface area contributed by atoms with Gasteiger partial charge >= 0.3 is 12.3 Å². The van der Waals surface area contributed by atoms with E-state index in [1.54, 1.807) is 27.9 Å². The second-order valence-electron chi connectivity index (χ2n) is 10.7. The molecule has 12 heteroatoms. The van der Waals surface area contributed by atoms with Gasteiger partial charge in [-0.25, -0.2) is 14.8 Å². The number of nitrogens with one attached hydrogen (secondary N) is 2. The molecule has 0 radical (unpaired) electrons. The number of amides is 1. The molecule has 0 bridgehead atoms. The van der Waals surface area contributed by atoms with Crippen LogP contribution in [0.5, 0.6) is 5.75 Å². The van der Waals surface area contributed by atoms with E-state index in [0.717, 1.165) is 22.2 Å². The quantitative estimate of drug-likeness (QED) is 0.288. The van der Waals surface area contributed by atoms with E-state index in [9.17, 15) is 18.0 Å². The molecule has 1 aliphatic heterocycles. The first-order valence-electron chi connectivity index (χ1n) is 12.8. The predicted octanol–water partition coefficient (Wildman–Crippen LogP) is 5.60. The smallest absolute Gasteiger partial charge is 0.408 e. The first-order valence-corrected chi connectivity index (χ1v) is 12.8. The number of likely N-dealkylation sites (tertiary alicyclic amines) is 1. The maximum Gasteiger partial charge on any atom is 0.408 e. The fraction of sp³-hybridized carbons (Fsp3) is 0.429. The number of benzene rings is 1. The molecule has 3 aromatic rings. The number of alkyl carbamates (subject to hydrolysis) is 1. The minimum absolute atomic E-state index is 0.000356. The Labute approximate surface area is 230 Å². The van der Waals surface area contributed by atoms with Gasteiger partial charge in [-0.2, -0.15) is 18.3 Å². The van der Waals surface area contributed by atoms with Crippen LogP contribution in [0.25, 0.3) is 10.9 Å². The van der Waals surface area contributed by atoms with Gasteiger partial charge < -0.3 is 14.8 Å². The summed E-state index contributed by atoms with van der Waals surface area (Å²) < 4.78 is 52.9. The Hall–Kier alpha value is -3.93. The van der Waals surface area contributed by atoms with Gasteiger partial charge in [-0.15, -0.1) is 0 Å². The Morgan fingerprint density at radius 1 is 1.20 bits per heavy atom. The lowest BCUT2D eigenvalue weighted by atomic mass is 10.1. The number of hydrogen-bond acceptors (Lipinski definition) is 8. The lowest BCUT2D eigenvalue weighted by Crippen LogP contribution is -2.42. The van der Waals surface area contributed by atoms with Crippen molar-refractivity contribution in [2.45, 2.75) is 58.0 Å². The summed E-state index contributed by atoms with van der Waals surface area (Å²) >= 11 is 0. The summed E-state index contributed by atoms with van der Waals surface area (Å²) in [5.41, 5.74) is 4.38. The van der Waals surface area contributed by atoms with Gasteiger partial charge in [0.1, 0.15) is 23.2 Å². The summed E-state index contributed by atoms with van der Waals surface area (Å²) in [6, 6.07) is 8.09. The highest BCUT2D eigenvalue weighted by Gasteiger charge is 2.47. The molecular formula is C28H33F3N6O3. The molecule has 1 fully saturated rings. The van der Waals surface area contributed by atoms with Crippen LogP contribution >= 0.6 is 0 Å². The average Bonchev–Trinajstić information content (AvgIpc) is 3.30. The second kappa shape index (κ2) is 11.7. The largest absolute Gasteiger partial charge is 0.496 e. The molecule has 4 rings (SSSR count). The average molecular weight is 559 g/mol. The third-order valence-electron chi connectivity index (χ3n) is 6.32. The zero-order valence-electron chi connectivity index (χ0n) is 23.0. The molecule has 1 aliphatic rings. The molecule has 2 atom stereocenters. The Morgan fingerprint density at radius 3 is 2.62 bits per heavy atom. The predicted molar refractivity (Wildman–Crippen MR) is 147 cm³/mol. The number of pyridine rings is 2. The van der Waals surface area contributed by atoms with E-state index >= 15 is 0 Å². The van der Waals surface area contributed by atoms with E-state index in [0.29, 0.717) is 12.1 Å². The van der Waals surface area contributed by atoms with Gasteiger partial charge in [-0.05, 0) is 63.4 Å². The maximum absolute atomic E-state index is 14.1. The molecule has 9 nitrogen and oxygen atoms in total. The van der Waals surface area contributed by atoms with Gasteiger partial charge in [0.05, 0.1) is 24.5 Å². The third kappa shape index (κ3) is 7.38. The molecule has 2 aromatic heterocycles. The van der Waals surface area contributed by atoms with Crippen molar-refractivity contribution in [3.8, 4) is 5.75 Å². The minimum atomic E-state index is -4.53. The van der Waals surface area contributed by atoms with Crippen LogP contribution < -0.4 is 15.5 Å². The number of halogens is 3. The summed E-state index contributed by atoms with van der Waals surface area (Å²) in [6.45, 7) is 7.34. The van der Waals surface area contributed by atoms with Crippen LogP contribution in [-0.4, -0.2) is 65.2 Å². The molecule has 3 heterocycles. The number of fused-ring (bicyclic) bond motifs is 1. The van der Waals surface area contributed by atoms with Crippen molar-refractivity contribution in [1.29, 1.82) is 0 Å². The van der Waals surface area contributed by atoms with Crippen molar-refractivity contribution in [3.05, 3.63) is 59.4 Å². The maximum atomic E-state index is 14.1. The van der Waals surface area contributed by atoms with Crippen LogP contribution in [0.2, 0.25) is 0 Å². The van der Waals surface area contributed by atoms with E-state index < -0.39 is 30.0 Å². The normalized spacial score (nSPS) is 17.2. The molecule has 214 valence electrons. The van der Waals surface area contributed by atoms with Crippen LogP contribution in [-0.2, 0) is 4.74 Å². The lowest BCUT2D eigenvalue weighted by Gasteiger charge is -2.30. The molecule has 40 heavy (non-hydrogen) atoms. The Kier molecular flexibility index (Phi) is 8.48. The fourth-order valence-corrected chi connectivity index (χ4v) is 4.59. The van der Waals surface area contributed by atoms with Crippen molar-refractivity contribution in [2.75, 3.05) is 25.6 Å². The summed E-state index contributed by atoms with van der Waals surface area (Å²) in [6.07, 6.45) is -2.11. The van der Waals surface area contributed by atoms with Gasteiger partial charge in [0.2, 0.25) is 0 Å². The highest BCUT2D eigenvalue weighted by Crippen LogP contribution is 2.39. The summed E-state index contributed by atoms with van der Waals surface area (Å²) in [5, 5.41) is 7.75. The van der Waals surface area contributed by atoms with Crippen LogP contribution in [0, 0.1) is 6.92 Å². The lowest BCUT2D eigenvalue weighted by molar-refractivity contribution is -0.183. The highest BCUT2D eigenvalue weighted by atomic mass is 19.4. The van der Waals surface area contributed by atoms with Gasteiger partial charge in [0.15, 0.2) is 0 Å². The molecule has 0 saturated carbocycles. The molecular weight excluding hydrogens is 525 g/mol. The van der Waals surface area contributed by atoms with Gasteiger partial charge in [0, 0.05) is 36.8 Å². The molecule has 1 amide bonds. The fourth-order valence-electron chi connectivity index (χ4n) is 4.59. The molecule has 0 unspecified atom stereocenters. The zero-order valence-corrected chi connectivity index (χ0v) is 23.0. The number of rotatable bonds is 7. The number of carbonyl (C=O) groups excluding carboxylic acids is 1. The molecule has 1 aromatic carbocycles.